The fourth-order valence-electron chi connectivity index (χ4n) is 7.83. The van der Waals surface area contributed by atoms with Crippen LogP contribution in [0, 0.1) is 17.8 Å². The van der Waals surface area contributed by atoms with E-state index in [4.69, 9.17) is 34.3 Å². The number of anilines is 1. The quantitative estimate of drug-likeness (QED) is 0.198. The van der Waals surface area contributed by atoms with Crippen LogP contribution in [0.3, 0.4) is 0 Å². The number of oxime groups is 1. The van der Waals surface area contributed by atoms with Gasteiger partial charge in [0.05, 0.1) is 42.8 Å². The van der Waals surface area contributed by atoms with Crippen LogP contribution in [0.4, 0.5) is 5.95 Å². The molecule has 0 amide bonds. The standard InChI is InChI=1S/C39H58N6O11S/c1-10-29-39(7,50)30-14-28(46)20(2)15-38(6,52-18-26(17-51-30)43-53-19-25-12-11-24(16-41-25)34-42-37(40)44-57-34)33(22(4)31(47)23(5)35(49)55-29)56-36-32(48)27(45(8)9)13-21(3)54-36/h11-12,16,20-23,27,29-30,32-33,36,48,50H,10,13-15,17-19H2,1-9H3,(H2,40,44)/t20-,21-,22+,23-,27+,29-,30-,32-,33-,36+,38-,39-/m1/s1. The Hall–Kier alpha value is -3.49. The third kappa shape index (κ3) is 10.4. The van der Waals surface area contributed by atoms with E-state index in [9.17, 15) is 24.6 Å². The number of hydrogen-bond acceptors (Lipinski definition) is 18. The van der Waals surface area contributed by atoms with Crippen molar-refractivity contribution < 1.29 is 53.1 Å². The molecule has 0 saturated carbocycles. The van der Waals surface area contributed by atoms with Gasteiger partial charge in [0.25, 0.3) is 0 Å². The second-order valence-corrected chi connectivity index (χ2v) is 17.0. The van der Waals surface area contributed by atoms with Crippen LogP contribution in [0.1, 0.15) is 79.8 Å². The van der Waals surface area contributed by atoms with Gasteiger partial charge in [0.15, 0.2) is 18.7 Å². The Kier molecular flexibility index (Phi) is 14.6. The summed E-state index contributed by atoms with van der Waals surface area (Å²) in [4.78, 5) is 58.3. The molecule has 57 heavy (non-hydrogen) atoms. The van der Waals surface area contributed by atoms with Crippen molar-refractivity contribution in [3.8, 4) is 10.6 Å². The van der Waals surface area contributed by atoms with Crippen LogP contribution in [-0.4, -0.2) is 134 Å². The summed E-state index contributed by atoms with van der Waals surface area (Å²) in [6.07, 6.45) is -3.88. The predicted molar refractivity (Wildman–Crippen MR) is 209 cm³/mol. The lowest BCUT2D eigenvalue weighted by atomic mass is 9.76. The van der Waals surface area contributed by atoms with Crippen LogP contribution in [0.15, 0.2) is 23.5 Å². The highest BCUT2D eigenvalue weighted by Crippen LogP contribution is 2.39. The Morgan fingerprint density at radius 1 is 1.12 bits per heavy atom. The van der Waals surface area contributed by atoms with E-state index in [2.05, 4.69) is 19.5 Å². The maximum absolute atomic E-state index is 14.3. The van der Waals surface area contributed by atoms with Crippen molar-refractivity contribution in [2.45, 2.75) is 135 Å². The lowest BCUT2D eigenvalue weighted by Gasteiger charge is -2.47. The minimum absolute atomic E-state index is 0.0267. The van der Waals surface area contributed by atoms with Crippen LogP contribution < -0.4 is 5.73 Å². The van der Waals surface area contributed by atoms with E-state index in [1.165, 1.54) is 13.8 Å². The minimum Gasteiger partial charge on any atom is -0.459 e. The molecule has 2 aromatic heterocycles. The number of nitrogens with two attached hydrogens (primary N) is 1. The van der Waals surface area contributed by atoms with Gasteiger partial charge in [-0.25, -0.2) is 0 Å². The van der Waals surface area contributed by atoms with Gasteiger partial charge in [0.2, 0.25) is 5.95 Å². The number of aliphatic hydroxyl groups is 2. The summed E-state index contributed by atoms with van der Waals surface area (Å²) in [7, 11) is 3.71. The molecular formula is C39H58N6O11S. The summed E-state index contributed by atoms with van der Waals surface area (Å²) in [5.41, 5.74) is 3.94. The summed E-state index contributed by atoms with van der Waals surface area (Å²) < 4.78 is 35.7. The number of Topliss-reactive ketones (excluding diaryl/α,β-unsaturated/α-hetero) is 2. The number of aromatic nitrogens is 3. The zero-order chi connectivity index (χ0) is 41.8. The fourth-order valence-corrected chi connectivity index (χ4v) is 8.41. The van der Waals surface area contributed by atoms with Crippen molar-refractivity contribution in [3.63, 3.8) is 0 Å². The number of ether oxygens (including phenoxy) is 5. The lowest BCUT2D eigenvalue weighted by molar-refractivity contribution is -0.296. The van der Waals surface area contributed by atoms with Crippen LogP contribution in [0.2, 0.25) is 0 Å². The van der Waals surface area contributed by atoms with Gasteiger partial charge in [-0.3, -0.25) is 19.4 Å². The number of carbonyl (C=O) groups excluding carboxylic acids is 3. The molecule has 3 saturated heterocycles. The van der Waals surface area contributed by atoms with Gasteiger partial charge in [0, 0.05) is 36.1 Å². The van der Waals surface area contributed by atoms with E-state index in [0.29, 0.717) is 17.1 Å². The second-order valence-electron chi connectivity index (χ2n) is 16.2. The predicted octanol–water partition coefficient (Wildman–Crippen LogP) is 2.95. The summed E-state index contributed by atoms with van der Waals surface area (Å²) in [5, 5.41) is 28.5. The van der Waals surface area contributed by atoms with Gasteiger partial charge in [-0.15, -0.1) is 0 Å². The Morgan fingerprint density at radius 3 is 2.49 bits per heavy atom. The first-order valence-electron chi connectivity index (χ1n) is 19.5. The lowest BCUT2D eigenvalue weighted by Crippen LogP contribution is -2.59. The third-order valence-corrected chi connectivity index (χ3v) is 12.1. The molecule has 17 nitrogen and oxygen atoms in total. The summed E-state index contributed by atoms with van der Waals surface area (Å²) in [6.45, 7) is 11.1. The molecule has 12 atom stereocenters. The van der Waals surface area contributed by atoms with Gasteiger partial charge >= 0.3 is 5.97 Å². The SMILES string of the molecule is CC[C@H]1OC(=O)[C@H](C)C(=O)[C@H](C)[C@@H](O[C@@H]2O[C@H](C)C[C@H](N(C)C)[C@H]2O)[C@@]2(C)C[C@@H](C)C(=O)C[C@@H](OCC(=NOCc3ccc(-c4nc(N)ns4)cn3)CO2)[C@]1(C)O. The summed E-state index contributed by atoms with van der Waals surface area (Å²) >= 11 is 1.16. The zero-order valence-corrected chi connectivity index (χ0v) is 35.1. The molecule has 4 N–H and O–H groups in total. The number of likely N-dealkylation sites (N-methyl/N-ethyl adjacent to an activating group) is 1. The molecule has 0 spiro atoms. The van der Waals surface area contributed by atoms with Crippen molar-refractivity contribution >= 4 is 40.7 Å². The van der Waals surface area contributed by atoms with E-state index < -0.39 is 71.4 Å². The molecule has 316 valence electrons. The van der Waals surface area contributed by atoms with Crippen molar-refractivity contribution in [1.82, 2.24) is 19.2 Å². The van der Waals surface area contributed by atoms with E-state index in [1.54, 1.807) is 40.0 Å². The number of nitrogen functional groups attached to an aromatic ring is 1. The van der Waals surface area contributed by atoms with E-state index >= 15 is 0 Å². The molecule has 2 bridgehead atoms. The molecule has 5 heterocycles. The molecule has 0 unspecified atom stereocenters. The monoisotopic (exact) mass is 818 g/mol. The maximum atomic E-state index is 14.3. The second kappa shape index (κ2) is 18.6. The summed E-state index contributed by atoms with van der Waals surface area (Å²) in [6, 6.07) is 3.25. The molecule has 0 aliphatic carbocycles. The van der Waals surface area contributed by atoms with E-state index in [-0.39, 0.29) is 68.7 Å². The number of rotatable bonds is 8. The first-order chi connectivity index (χ1) is 26.8. The Bertz CT molecular complexity index is 1740. The van der Waals surface area contributed by atoms with E-state index in [1.807, 2.05) is 32.0 Å². The van der Waals surface area contributed by atoms with Gasteiger partial charge in [-0.05, 0) is 84.7 Å². The molecule has 3 aliphatic rings. The molecule has 3 aliphatic heterocycles. The Labute approximate surface area is 337 Å². The summed E-state index contributed by atoms with van der Waals surface area (Å²) in [5.74, 6) is -4.40. The van der Waals surface area contributed by atoms with Gasteiger partial charge in [0.1, 0.15) is 40.2 Å². The smallest absolute Gasteiger partial charge is 0.316 e. The van der Waals surface area contributed by atoms with Crippen LogP contribution in [0.25, 0.3) is 10.6 Å². The van der Waals surface area contributed by atoms with Crippen molar-refractivity contribution in [3.05, 3.63) is 24.0 Å². The largest absolute Gasteiger partial charge is 0.459 e. The maximum Gasteiger partial charge on any atom is 0.316 e. The number of fused-ring (bicyclic) bond motifs is 5. The number of nitrogens with zero attached hydrogens (tertiary/aromatic N) is 5. The van der Waals surface area contributed by atoms with Gasteiger partial charge in [-0.2, -0.15) is 9.36 Å². The number of esters is 1. The molecule has 18 heteroatoms. The highest BCUT2D eigenvalue weighted by molar-refractivity contribution is 7.09. The minimum atomic E-state index is -1.86. The molecule has 5 rings (SSSR count). The van der Waals surface area contributed by atoms with Crippen molar-refractivity contribution in [2.24, 2.45) is 22.9 Å². The van der Waals surface area contributed by atoms with Crippen LogP contribution in [-0.2, 0) is 49.5 Å². The van der Waals surface area contributed by atoms with Crippen LogP contribution >= 0.6 is 11.5 Å². The first-order valence-corrected chi connectivity index (χ1v) is 20.2. The molecule has 3 fully saturated rings. The number of hydrogen-bond donors (Lipinski definition) is 3. The number of pyridine rings is 1. The first kappa shape index (κ1) is 44.6. The van der Waals surface area contributed by atoms with Crippen molar-refractivity contribution in [2.75, 3.05) is 33.0 Å². The van der Waals surface area contributed by atoms with Crippen molar-refractivity contribution in [1.29, 1.82) is 0 Å². The third-order valence-electron chi connectivity index (χ3n) is 11.4. The molecule has 0 aromatic carbocycles. The Balaban J connectivity index is 1.54. The number of aliphatic hydroxyl groups excluding tert-OH is 1. The molecule has 2 aromatic rings. The highest BCUT2D eigenvalue weighted by atomic mass is 32.1. The van der Waals surface area contributed by atoms with Gasteiger partial charge in [-0.1, -0.05) is 25.9 Å². The molecular weight excluding hydrogens is 761 g/mol. The topological polar surface area (TPSA) is 227 Å². The fraction of sp³-hybridized carbons (Fsp3) is 0.718. The van der Waals surface area contributed by atoms with E-state index in [0.717, 1.165) is 17.1 Å². The average molecular weight is 819 g/mol. The normalized spacial score (nSPS) is 37.0. The number of cyclic esters (lactones) is 1. The van der Waals surface area contributed by atoms with Gasteiger partial charge < -0.3 is 49.4 Å². The average Bonchev–Trinajstić information content (AvgIpc) is 3.60. The highest BCUT2D eigenvalue weighted by Gasteiger charge is 2.52. The van der Waals surface area contributed by atoms with Crippen LogP contribution in [0.5, 0.6) is 0 Å². The molecule has 0 radical (unpaired) electrons. The number of carbonyl (C=O) groups is 3. The number of ketones is 2. The zero-order valence-electron chi connectivity index (χ0n) is 34.2. The Morgan fingerprint density at radius 2 is 1.86 bits per heavy atom.